The summed E-state index contributed by atoms with van der Waals surface area (Å²) in [5, 5.41) is 10.3. The van der Waals surface area contributed by atoms with E-state index in [1.165, 1.54) is 6.20 Å². The highest BCUT2D eigenvalue weighted by atomic mass is 16.3. The fourth-order valence-electron chi connectivity index (χ4n) is 1.34. The van der Waals surface area contributed by atoms with Crippen LogP contribution in [-0.4, -0.2) is 17.9 Å². The van der Waals surface area contributed by atoms with E-state index in [0.29, 0.717) is 5.46 Å². The zero-order valence-electron chi connectivity index (χ0n) is 7.28. The van der Waals surface area contributed by atoms with Crippen LogP contribution in [0.25, 0.3) is 10.9 Å². The molecular formula is C10H8BNO. The Morgan fingerprint density at radius 2 is 2.15 bits per heavy atom. The first-order chi connectivity index (χ1) is 6.18. The summed E-state index contributed by atoms with van der Waals surface area (Å²) in [7, 11) is 5.61. The molecular weight excluding hydrogens is 161 g/mol. The minimum atomic E-state index is 0.220. The monoisotopic (exact) mass is 169 g/mol. The van der Waals surface area contributed by atoms with Crippen LogP contribution in [0.2, 0.25) is 0 Å². The van der Waals surface area contributed by atoms with Gasteiger partial charge in [-0.15, -0.1) is 0 Å². The largest absolute Gasteiger partial charge is 0.506 e. The molecule has 2 rings (SSSR count). The number of pyridine rings is 1. The lowest BCUT2D eigenvalue weighted by Gasteiger charge is -2.03. The number of hydrogen-bond acceptors (Lipinski definition) is 2. The maximum absolute atomic E-state index is 9.39. The highest BCUT2D eigenvalue weighted by Gasteiger charge is 2.02. The van der Waals surface area contributed by atoms with Crippen molar-refractivity contribution < 1.29 is 5.11 Å². The number of aromatic hydroxyl groups is 1. The maximum atomic E-state index is 9.39. The third kappa shape index (κ3) is 1.26. The van der Waals surface area contributed by atoms with Gasteiger partial charge >= 0.3 is 0 Å². The SMILES string of the molecule is [B]c1ccc2c(C)c(O)cnc2c1. The zero-order valence-corrected chi connectivity index (χ0v) is 7.28. The second-order valence-corrected chi connectivity index (χ2v) is 3.05. The Labute approximate surface area is 77.6 Å². The van der Waals surface area contributed by atoms with E-state index in [9.17, 15) is 5.11 Å². The van der Waals surface area contributed by atoms with Crippen molar-refractivity contribution in [2.45, 2.75) is 6.92 Å². The van der Waals surface area contributed by atoms with Gasteiger partial charge in [-0.1, -0.05) is 17.6 Å². The van der Waals surface area contributed by atoms with Crippen molar-refractivity contribution >= 4 is 24.2 Å². The van der Waals surface area contributed by atoms with Gasteiger partial charge in [0, 0.05) is 10.9 Å². The zero-order chi connectivity index (χ0) is 9.42. The normalized spacial score (nSPS) is 10.5. The predicted molar refractivity (Wildman–Crippen MR) is 53.5 cm³/mol. The van der Waals surface area contributed by atoms with Gasteiger partial charge in [-0.05, 0) is 13.0 Å². The van der Waals surface area contributed by atoms with E-state index in [4.69, 9.17) is 7.85 Å². The van der Waals surface area contributed by atoms with Crippen molar-refractivity contribution in [3.8, 4) is 5.75 Å². The summed E-state index contributed by atoms with van der Waals surface area (Å²) in [6.45, 7) is 1.86. The van der Waals surface area contributed by atoms with Crippen molar-refractivity contribution in [3.63, 3.8) is 0 Å². The number of rotatable bonds is 0. The summed E-state index contributed by atoms with van der Waals surface area (Å²) < 4.78 is 0. The van der Waals surface area contributed by atoms with Gasteiger partial charge in [0.1, 0.15) is 13.6 Å². The van der Waals surface area contributed by atoms with E-state index < -0.39 is 0 Å². The molecule has 0 aliphatic heterocycles. The number of aromatic nitrogens is 1. The predicted octanol–water partition coefficient (Wildman–Crippen LogP) is 1.04. The van der Waals surface area contributed by atoms with E-state index in [-0.39, 0.29) is 5.75 Å². The molecule has 2 aromatic rings. The number of aryl methyl sites for hydroxylation is 1. The Kier molecular flexibility index (Phi) is 1.73. The first-order valence-corrected chi connectivity index (χ1v) is 4.02. The summed E-state index contributed by atoms with van der Waals surface area (Å²) >= 11 is 0. The molecule has 0 fully saturated rings. The van der Waals surface area contributed by atoms with Crippen LogP contribution in [0.4, 0.5) is 0 Å². The average Bonchev–Trinajstić information content (AvgIpc) is 2.12. The maximum Gasteiger partial charge on any atom is 0.137 e. The lowest BCUT2D eigenvalue weighted by molar-refractivity contribution is 0.470. The van der Waals surface area contributed by atoms with Crippen molar-refractivity contribution in [2.75, 3.05) is 0 Å². The van der Waals surface area contributed by atoms with Gasteiger partial charge in [-0.25, -0.2) is 0 Å². The number of benzene rings is 1. The highest BCUT2D eigenvalue weighted by molar-refractivity contribution is 6.33. The van der Waals surface area contributed by atoms with Gasteiger partial charge in [0.05, 0.1) is 11.7 Å². The quantitative estimate of drug-likeness (QED) is 0.597. The summed E-state index contributed by atoms with van der Waals surface area (Å²) in [6, 6.07) is 5.46. The van der Waals surface area contributed by atoms with Crippen molar-refractivity contribution in [3.05, 3.63) is 30.0 Å². The fourth-order valence-corrected chi connectivity index (χ4v) is 1.34. The Balaban J connectivity index is 2.87. The molecule has 0 spiro atoms. The fraction of sp³-hybridized carbons (Fsp3) is 0.100. The lowest BCUT2D eigenvalue weighted by atomic mass is 9.94. The lowest BCUT2D eigenvalue weighted by Crippen LogP contribution is -2.00. The summed E-state index contributed by atoms with van der Waals surface area (Å²) in [5.74, 6) is 0.220. The summed E-state index contributed by atoms with van der Waals surface area (Å²) in [6.07, 6.45) is 1.44. The van der Waals surface area contributed by atoms with Crippen molar-refractivity contribution in [1.29, 1.82) is 0 Å². The van der Waals surface area contributed by atoms with Crippen LogP contribution in [0, 0.1) is 6.92 Å². The molecule has 0 saturated heterocycles. The highest BCUT2D eigenvalue weighted by Crippen LogP contribution is 2.22. The van der Waals surface area contributed by atoms with Crippen LogP contribution in [0.5, 0.6) is 5.75 Å². The molecule has 0 unspecified atom stereocenters. The topological polar surface area (TPSA) is 33.1 Å². The van der Waals surface area contributed by atoms with Crippen LogP contribution in [0.3, 0.4) is 0 Å². The van der Waals surface area contributed by atoms with Gasteiger partial charge in [0.2, 0.25) is 0 Å². The number of nitrogens with zero attached hydrogens (tertiary/aromatic N) is 1. The first kappa shape index (κ1) is 8.11. The second-order valence-electron chi connectivity index (χ2n) is 3.05. The van der Waals surface area contributed by atoms with Gasteiger partial charge in [0.25, 0.3) is 0 Å². The van der Waals surface area contributed by atoms with E-state index >= 15 is 0 Å². The van der Waals surface area contributed by atoms with Gasteiger partial charge in [0.15, 0.2) is 0 Å². The number of fused-ring (bicyclic) bond motifs is 1. The smallest absolute Gasteiger partial charge is 0.137 e. The van der Waals surface area contributed by atoms with Gasteiger partial charge < -0.3 is 5.11 Å². The minimum absolute atomic E-state index is 0.220. The third-order valence-corrected chi connectivity index (χ3v) is 2.14. The van der Waals surface area contributed by atoms with Crippen LogP contribution in [0.15, 0.2) is 24.4 Å². The Morgan fingerprint density at radius 3 is 2.92 bits per heavy atom. The molecule has 0 atom stereocenters. The molecule has 62 valence electrons. The van der Waals surface area contributed by atoms with Gasteiger partial charge in [-0.3, -0.25) is 4.98 Å². The second kappa shape index (κ2) is 2.77. The first-order valence-electron chi connectivity index (χ1n) is 4.02. The van der Waals surface area contributed by atoms with Crippen LogP contribution in [0.1, 0.15) is 5.56 Å². The van der Waals surface area contributed by atoms with E-state index in [1.54, 1.807) is 12.1 Å². The molecule has 2 radical (unpaired) electrons. The molecule has 3 heteroatoms. The van der Waals surface area contributed by atoms with Crippen molar-refractivity contribution in [1.82, 2.24) is 4.98 Å². The molecule has 0 bridgehead atoms. The average molecular weight is 169 g/mol. The molecule has 13 heavy (non-hydrogen) atoms. The molecule has 0 saturated carbocycles. The minimum Gasteiger partial charge on any atom is -0.506 e. The van der Waals surface area contributed by atoms with Crippen LogP contribution >= 0.6 is 0 Å². The number of hydrogen-bond donors (Lipinski definition) is 1. The molecule has 2 nitrogen and oxygen atoms in total. The Hall–Kier alpha value is -1.51. The molecule has 0 amide bonds. The molecule has 0 aliphatic carbocycles. The molecule has 1 aromatic carbocycles. The molecule has 1 heterocycles. The molecule has 0 aliphatic rings. The van der Waals surface area contributed by atoms with Crippen molar-refractivity contribution in [2.24, 2.45) is 0 Å². The van der Waals surface area contributed by atoms with Gasteiger partial charge in [-0.2, -0.15) is 0 Å². The summed E-state index contributed by atoms with van der Waals surface area (Å²) in [5.41, 5.74) is 2.34. The van der Waals surface area contributed by atoms with E-state index in [1.807, 2.05) is 13.0 Å². The Morgan fingerprint density at radius 1 is 1.38 bits per heavy atom. The molecule has 1 aromatic heterocycles. The van der Waals surface area contributed by atoms with Crippen LogP contribution < -0.4 is 5.46 Å². The van der Waals surface area contributed by atoms with Crippen LogP contribution in [-0.2, 0) is 0 Å². The third-order valence-electron chi connectivity index (χ3n) is 2.14. The van der Waals surface area contributed by atoms with E-state index in [2.05, 4.69) is 4.98 Å². The Bertz CT molecular complexity index is 468. The molecule has 1 N–H and O–H groups in total. The van der Waals surface area contributed by atoms with E-state index in [0.717, 1.165) is 16.5 Å². The summed E-state index contributed by atoms with van der Waals surface area (Å²) in [4.78, 5) is 4.07. The standard InChI is InChI=1S/C10H8BNO/c1-6-8-3-2-7(11)4-9(8)12-5-10(6)13/h2-5,13H,1H3.